The quantitative estimate of drug-likeness (QED) is 0.909. The molecule has 0 spiro atoms. The molecule has 1 amide bonds. The van der Waals surface area contributed by atoms with Gasteiger partial charge in [0, 0.05) is 25.6 Å². The number of fused-ring (bicyclic) bond motifs is 1. The Kier molecular flexibility index (Phi) is 3.76. The average Bonchev–Trinajstić information content (AvgIpc) is 3.32. The number of carbonyl (C=O) groups is 1. The molecule has 1 aliphatic heterocycles. The van der Waals surface area contributed by atoms with E-state index in [1.54, 1.807) is 4.90 Å². The molecule has 3 unspecified atom stereocenters. The van der Waals surface area contributed by atoms with Crippen LogP contribution in [0.4, 0.5) is 0 Å². The number of hydrogen-bond donors (Lipinski definition) is 1. The fraction of sp³-hybridized carbons (Fsp3) is 0.562. The van der Waals surface area contributed by atoms with Crippen LogP contribution in [0.3, 0.4) is 0 Å². The molecule has 5 heteroatoms. The summed E-state index contributed by atoms with van der Waals surface area (Å²) in [7, 11) is 1.83. The van der Waals surface area contributed by atoms with Crippen LogP contribution in [0.25, 0.3) is 0 Å². The van der Waals surface area contributed by atoms with Crippen LogP contribution in [0.2, 0.25) is 0 Å². The summed E-state index contributed by atoms with van der Waals surface area (Å²) in [6, 6.07) is 6.08. The van der Waals surface area contributed by atoms with Crippen LogP contribution in [0, 0.1) is 5.92 Å². The van der Waals surface area contributed by atoms with Gasteiger partial charge in [-0.2, -0.15) is 0 Å². The lowest BCUT2D eigenvalue weighted by Gasteiger charge is -2.24. The molecular formula is C16H22N2O3. The maximum atomic E-state index is 12.4. The van der Waals surface area contributed by atoms with Gasteiger partial charge < -0.3 is 20.1 Å². The van der Waals surface area contributed by atoms with Gasteiger partial charge in [0.1, 0.15) is 13.2 Å². The van der Waals surface area contributed by atoms with E-state index in [0.717, 1.165) is 23.5 Å². The lowest BCUT2D eigenvalue weighted by Crippen LogP contribution is -2.40. The molecule has 2 N–H and O–H groups in total. The third-order valence-corrected chi connectivity index (χ3v) is 4.45. The molecule has 5 nitrogen and oxygen atoms in total. The number of likely N-dealkylation sites (N-methyl/N-ethyl adjacent to an activating group) is 1. The fourth-order valence-corrected chi connectivity index (χ4v) is 2.76. The molecule has 0 aromatic heterocycles. The van der Waals surface area contributed by atoms with Gasteiger partial charge in [0.15, 0.2) is 11.5 Å². The van der Waals surface area contributed by atoms with E-state index in [4.69, 9.17) is 15.2 Å². The molecule has 1 aromatic carbocycles. The summed E-state index contributed by atoms with van der Waals surface area (Å²) in [5.41, 5.74) is 6.79. The molecule has 1 fully saturated rings. The van der Waals surface area contributed by atoms with Crippen LogP contribution < -0.4 is 15.2 Å². The highest BCUT2D eigenvalue weighted by atomic mass is 16.6. The van der Waals surface area contributed by atoms with Crippen LogP contribution in [0.5, 0.6) is 11.5 Å². The van der Waals surface area contributed by atoms with Gasteiger partial charge in [-0.05, 0) is 37.0 Å². The molecule has 1 heterocycles. The summed E-state index contributed by atoms with van der Waals surface area (Å²) in [4.78, 5) is 14.2. The number of nitrogens with two attached hydrogens (primary N) is 1. The molecule has 1 aromatic rings. The minimum Gasteiger partial charge on any atom is -0.486 e. The Hall–Kier alpha value is -1.75. The van der Waals surface area contributed by atoms with Crippen LogP contribution in [-0.4, -0.2) is 43.7 Å². The van der Waals surface area contributed by atoms with Crippen molar-refractivity contribution in [3.05, 3.63) is 23.8 Å². The minimum atomic E-state index is 0.0755. The molecule has 3 atom stereocenters. The van der Waals surface area contributed by atoms with E-state index in [0.29, 0.717) is 25.7 Å². The van der Waals surface area contributed by atoms with Gasteiger partial charge in [-0.25, -0.2) is 0 Å². The van der Waals surface area contributed by atoms with Crippen molar-refractivity contribution in [2.24, 2.45) is 11.7 Å². The highest BCUT2D eigenvalue weighted by Crippen LogP contribution is 2.50. The second-order valence-corrected chi connectivity index (χ2v) is 5.89. The van der Waals surface area contributed by atoms with E-state index in [9.17, 15) is 4.79 Å². The van der Waals surface area contributed by atoms with Gasteiger partial charge in [0.25, 0.3) is 0 Å². The van der Waals surface area contributed by atoms with Gasteiger partial charge in [-0.15, -0.1) is 0 Å². The molecule has 0 bridgehead atoms. The lowest BCUT2D eigenvalue weighted by molar-refractivity contribution is -0.133. The zero-order chi connectivity index (χ0) is 15.0. The first kappa shape index (κ1) is 14.2. The van der Waals surface area contributed by atoms with Crippen LogP contribution in [-0.2, 0) is 4.79 Å². The number of amides is 1. The topological polar surface area (TPSA) is 64.8 Å². The molecule has 21 heavy (non-hydrogen) atoms. The predicted molar refractivity (Wildman–Crippen MR) is 79.6 cm³/mol. The van der Waals surface area contributed by atoms with Crippen LogP contribution in [0.15, 0.2) is 18.2 Å². The molecule has 0 saturated heterocycles. The van der Waals surface area contributed by atoms with Crippen LogP contribution >= 0.6 is 0 Å². The highest BCUT2D eigenvalue weighted by molar-refractivity contribution is 5.83. The zero-order valence-electron chi connectivity index (χ0n) is 12.5. The third-order valence-electron chi connectivity index (χ3n) is 4.45. The Balaban J connectivity index is 1.69. The maximum Gasteiger partial charge on any atom is 0.226 e. The molecule has 2 aliphatic rings. The standard InChI is InChI=1S/C16H22N2O3/c1-10(9-17)18(2)16(19)13-8-12(13)11-3-4-14-15(7-11)21-6-5-20-14/h3-4,7,10,12-13H,5-6,8-9,17H2,1-2H3. The molecule has 0 radical (unpaired) electrons. The third kappa shape index (κ3) is 2.70. The number of ether oxygens (including phenoxy) is 2. The van der Waals surface area contributed by atoms with Crippen molar-refractivity contribution in [3.8, 4) is 11.5 Å². The predicted octanol–water partition coefficient (Wildman–Crippen LogP) is 1.37. The molecular weight excluding hydrogens is 268 g/mol. The summed E-state index contributed by atoms with van der Waals surface area (Å²) in [5.74, 6) is 2.14. The van der Waals surface area contributed by atoms with Crippen molar-refractivity contribution in [2.75, 3.05) is 26.8 Å². The highest BCUT2D eigenvalue weighted by Gasteiger charge is 2.46. The molecule has 1 aliphatic carbocycles. The Morgan fingerprint density at radius 3 is 2.81 bits per heavy atom. The molecule has 3 rings (SSSR count). The Morgan fingerprint density at radius 1 is 1.38 bits per heavy atom. The summed E-state index contributed by atoms with van der Waals surface area (Å²) in [6.45, 7) is 3.64. The lowest BCUT2D eigenvalue weighted by atomic mass is 10.1. The first-order valence-corrected chi connectivity index (χ1v) is 7.48. The SMILES string of the molecule is CC(CN)N(C)C(=O)C1CC1c1ccc2c(c1)OCCO2. The second-order valence-electron chi connectivity index (χ2n) is 5.89. The van der Waals surface area contributed by atoms with E-state index in [-0.39, 0.29) is 17.9 Å². The number of carbonyl (C=O) groups excluding carboxylic acids is 1. The first-order chi connectivity index (χ1) is 10.1. The number of hydrogen-bond acceptors (Lipinski definition) is 4. The number of nitrogens with zero attached hydrogens (tertiary/aromatic N) is 1. The summed E-state index contributed by atoms with van der Waals surface area (Å²) in [6.07, 6.45) is 0.903. The normalized spacial score (nSPS) is 24.3. The van der Waals surface area contributed by atoms with E-state index < -0.39 is 0 Å². The first-order valence-electron chi connectivity index (χ1n) is 7.48. The van der Waals surface area contributed by atoms with Gasteiger partial charge in [-0.1, -0.05) is 6.07 Å². The van der Waals surface area contributed by atoms with Gasteiger partial charge in [0.05, 0.1) is 0 Å². The molecule has 1 saturated carbocycles. The summed E-state index contributed by atoms with van der Waals surface area (Å²) in [5, 5.41) is 0. The van der Waals surface area contributed by atoms with E-state index in [2.05, 4.69) is 0 Å². The van der Waals surface area contributed by atoms with Gasteiger partial charge >= 0.3 is 0 Å². The maximum absolute atomic E-state index is 12.4. The smallest absolute Gasteiger partial charge is 0.226 e. The van der Waals surface area contributed by atoms with Crippen molar-refractivity contribution in [1.29, 1.82) is 0 Å². The minimum absolute atomic E-state index is 0.0755. The van der Waals surface area contributed by atoms with Gasteiger partial charge in [-0.3, -0.25) is 4.79 Å². The van der Waals surface area contributed by atoms with E-state index in [1.165, 1.54) is 0 Å². The summed E-state index contributed by atoms with van der Waals surface area (Å²) < 4.78 is 11.1. The Labute approximate surface area is 125 Å². The Morgan fingerprint density at radius 2 is 2.10 bits per heavy atom. The van der Waals surface area contributed by atoms with E-state index >= 15 is 0 Å². The van der Waals surface area contributed by atoms with Gasteiger partial charge in [0.2, 0.25) is 5.91 Å². The van der Waals surface area contributed by atoms with Crippen molar-refractivity contribution in [2.45, 2.75) is 25.3 Å². The van der Waals surface area contributed by atoms with Crippen molar-refractivity contribution in [3.63, 3.8) is 0 Å². The zero-order valence-corrected chi connectivity index (χ0v) is 12.5. The number of rotatable bonds is 4. The fourth-order valence-electron chi connectivity index (χ4n) is 2.76. The van der Waals surface area contributed by atoms with Crippen molar-refractivity contribution < 1.29 is 14.3 Å². The average molecular weight is 290 g/mol. The monoisotopic (exact) mass is 290 g/mol. The second kappa shape index (κ2) is 5.56. The Bertz CT molecular complexity index is 546. The molecule has 114 valence electrons. The van der Waals surface area contributed by atoms with Crippen LogP contribution in [0.1, 0.15) is 24.8 Å². The van der Waals surface area contributed by atoms with Crippen molar-refractivity contribution >= 4 is 5.91 Å². The van der Waals surface area contributed by atoms with E-state index in [1.807, 2.05) is 32.2 Å². The largest absolute Gasteiger partial charge is 0.486 e. The van der Waals surface area contributed by atoms with Crippen molar-refractivity contribution in [1.82, 2.24) is 4.90 Å². The number of benzene rings is 1. The summed E-state index contributed by atoms with van der Waals surface area (Å²) >= 11 is 0.